The fraction of sp³-hybridized carbons (Fsp3) is 0. The monoisotopic (exact) mass is 416 g/mol. The molecule has 0 radical (unpaired) electrons. The summed E-state index contributed by atoms with van der Waals surface area (Å²) in [6.07, 6.45) is 0. The average Bonchev–Trinajstić information content (AvgIpc) is 2.45. The molecule has 6 nitrogen and oxygen atoms in total. The lowest BCUT2D eigenvalue weighted by Gasteiger charge is -2.05. The van der Waals surface area contributed by atoms with E-state index < -0.39 is 30.8 Å². The fourth-order valence-corrected chi connectivity index (χ4v) is 3.75. The second-order valence-corrected chi connectivity index (χ2v) is 8.37. The van der Waals surface area contributed by atoms with Gasteiger partial charge in [-0.1, -0.05) is 15.5 Å². The van der Waals surface area contributed by atoms with Crippen LogP contribution < -0.4 is 0 Å². The molecule has 136 valence electrons. The van der Waals surface area contributed by atoms with Gasteiger partial charge in [-0.15, -0.1) is 8.73 Å². The summed E-state index contributed by atoms with van der Waals surface area (Å²) in [6, 6.07) is 7.68. The second kappa shape index (κ2) is 6.72. The summed E-state index contributed by atoms with van der Waals surface area (Å²) in [5.74, 6) is 0. The Balaban J connectivity index is 2.39. The summed E-state index contributed by atoms with van der Waals surface area (Å²) in [5.41, 5.74) is -0.743. The fourth-order valence-electron chi connectivity index (χ4n) is 1.75. The van der Waals surface area contributed by atoms with Crippen LogP contribution in [0.4, 0.5) is 26.9 Å². The normalized spacial score (nSPS) is 12.6. The summed E-state index contributed by atoms with van der Waals surface area (Å²) in [4.78, 5) is -0.555. The van der Waals surface area contributed by atoms with E-state index in [0.717, 1.165) is 48.5 Å². The minimum absolute atomic E-state index is 0.278. The molecule has 0 aliphatic carbocycles. The molecule has 0 spiro atoms. The SMILES string of the molecule is O=S(=O)(c1ccc(N=S(=O)(F)F)cc1)c1ccc(N=S(=O)(F)F)cc1. The molecule has 0 unspecified atom stereocenters. The molecule has 0 bridgehead atoms. The van der Waals surface area contributed by atoms with Crippen molar-refractivity contribution in [2.75, 3.05) is 0 Å². The Morgan fingerprint density at radius 3 is 1.08 bits per heavy atom. The van der Waals surface area contributed by atoms with Crippen LogP contribution in [0.2, 0.25) is 0 Å². The first-order chi connectivity index (χ1) is 11.4. The molecule has 25 heavy (non-hydrogen) atoms. The highest BCUT2D eigenvalue weighted by atomic mass is 32.3. The smallest absolute Gasteiger partial charge is 0.219 e. The Labute approximate surface area is 142 Å². The van der Waals surface area contributed by atoms with Crippen LogP contribution in [-0.2, 0) is 30.8 Å². The summed E-state index contributed by atoms with van der Waals surface area (Å²) < 4.78 is 99.8. The van der Waals surface area contributed by atoms with Crippen molar-refractivity contribution in [1.82, 2.24) is 0 Å². The molecule has 0 saturated carbocycles. The molecule has 2 aromatic carbocycles. The van der Waals surface area contributed by atoms with Gasteiger partial charge in [0.25, 0.3) is 0 Å². The van der Waals surface area contributed by atoms with E-state index in [0.29, 0.717) is 0 Å². The van der Waals surface area contributed by atoms with Gasteiger partial charge in [0, 0.05) is 0 Å². The van der Waals surface area contributed by atoms with E-state index in [4.69, 9.17) is 0 Å². The molecule has 0 heterocycles. The zero-order chi connectivity index (χ0) is 18.9. The minimum atomic E-state index is -5.37. The maximum atomic E-state index is 12.4. The first-order valence-electron chi connectivity index (χ1n) is 6.15. The molecule has 0 aromatic heterocycles. The van der Waals surface area contributed by atoms with Crippen LogP contribution in [0.3, 0.4) is 0 Å². The number of sulfone groups is 1. The Bertz CT molecular complexity index is 1030. The van der Waals surface area contributed by atoms with Crippen LogP contribution in [0.1, 0.15) is 0 Å². The number of halogens is 4. The van der Waals surface area contributed by atoms with E-state index in [-0.39, 0.29) is 21.2 Å². The summed E-state index contributed by atoms with van der Waals surface area (Å²) in [6.45, 7) is 0. The summed E-state index contributed by atoms with van der Waals surface area (Å²) in [5, 5.41) is 0. The molecule has 2 rings (SSSR count). The third kappa shape index (κ3) is 5.51. The lowest BCUT2D eigenvalue weighted by molar-refractivity contribution is 0.586. The molecule has 0 N–H and O–H groups in total. The van der Waals surface area contributed by atoms with E-state index in [9.17, 15) is 32.4 Å². The first-order valence-corrected chi connectivity index (χ1v) is 10.3. The third-order valence-electron chi connectivity index (χ3n) is 2.72. The van der Waals surface area contributed by atoms with Gasteiger partial charge in [-0.3, -0.25) is 0 Å². The van der Waals surface area contributed by atoms with E-state index in [1.807, 2.05) is 0 Å². The van der Waals surface area contributed by atoms with E-state index >= 15 is 0 Å². The average molecular weight is 416 g/mol. The highest BCUT2D eigenvalue weighted by molar-refractivity contribution is 7.91. The number of hydrogen-bond acceptors (Lipinski definition) is 6. The van der Waals surface area contributed by atoms with Crippen molar-refractivity contribution in [3.63, 3.8) is 0 Å². The standard InChI is InChI=1S/C12H8F4N2O4S3/c13-24(14,21)17-9-1-5-11(6-2-9)23(19,20)12-7-3-10(4-8-12)18-25(15,16)22/h1-8H. The Hall–Kier alpha value is -1.99. The van der Waals surface area contributed by atoms with Gasteiger partial charge in [0.1, 0.15) is 0 Å². The topological polar surface area (TPSA) is 93.0 Å². The number of benzene rings is 2. The van der Waals surface area contributed by atoms with Crippen molar-refractivity contribution in [3.8, 4) is 0 Å². The van der Waals surface area contributed by atoms with Crippen LogP contribution in [0.25, 0.3) is 0 Å². The molecule has 13 heteroatoms. The number of rotatable bonds is 4. The van der Waals surface area contributed by atoms with Gasteiger partial charge < -0.3 is 0 Å². The van der Waals surface area contributed by atoms with Crippen molar-refractivity contribution < 1.29 is 32.4 Å². The highest BCUT2D eigenvalue weighted by Crippen LogP contribution is 2.26. The van der Waals surface area contributed by atoms with Crippen LogP contribution in [-0.4, -0.2) is 16.8 Å². The maximum Gasteiger partial charge on any atom is 0.371 e. The van der Waals surface area contributed by atoms with Gasteiger partial charge in [0.2, 0.25) is 9.84 Å². The number of nitrogens with zero attached hydrogens (tertiary/aromatic N) is 2. The maximum absolute atomic E-state index is 12.4. The summed E-state index contributed by atoms with van der Waals surface area (Å²) in [7, 11) is -14.8. The van der Waals surface area contributed by atoms with Crippen molar-refractivity contribution >= 4 is 42.2 Å². The van der Waals surface area contributed by atoms with Gasteiger partial charge in [-0.25, -0.2) is 8.42 Å². The minimum Gasteiger partial charge on any atom is -0.219 e. The molecule has 0 aliphatic rings. The van der Waals surface area contributed by atoms with Crippen LogP contribution in [0.15, 0.2) is 67.0 Å². The van der Waals surface area contributed by atoms with Crippen LogP contribution in [0, 0.1) is 0 Å². The first kappa shape index (κ1) is 19.3. The Morgan fingerprint density at radius 1 is 0.560 bits per heavy atom. The van der Waals surface area contributed by atoms with Gasteiger partial charge in [-0.2, -0.15) is 8.42 Å². The van der Waals surface area contributed by atoms with E-state index in [1.54, 1.807) is 0 Å². The Morgan fingerprint density at radius 2 is 0.840 bits per heavy atom. The Kier molecular flexibility index (Phi) is 5.20. The van der Waals surface area contributed by atoms with Crippen molar-refractivity contribution in [2.24, 2.45) is 8.73 Å². The van der Waals surface area contributed by atoms with Gasteiger partial charge in [-0.05, 0) is 48.5 Å². The highest BCUT2D eigenvalue weighted by Gasteiger charge is 2.18. The van der Waals surface area contributed by atoms with Crippen molar-refractivity contribution in [2.45, 2.75) is 9.79 Å². The molecule has 0 fully saturated rings. The van der Waals surface area contributed by atoms with Gasteiger partial charge in [0.05, 0.1) is 21.2 Å². The van der Waals surface area contributed by atoms with E-state index in [1.165, 1.54) is 0 Å². The molecular weight excluding hydrogens is 408 g/mol. The second-order valence-electron chi connectivity index (χ2n) is 4.47. The summed E-state index contributed by atoms with van der Waals surface area (Å²) >= 11 is 0. The zero-order valence-electron chi connectivity index (χ0n) is 11.9. The quantitative estimate of drug-likeness (QED) is 0.550. The predicted octanol–water partition coefficient (Wildman–Crippen LogP) is 4.26. The lowest BCUT2D eigenvalue weighted by atomic mass is 10.3. The molecule has 2 aromatic rings. The van der Waals surface area contributed by atoms with Crippen LogP contribution in [0.5, 0.6) is 0 Å². The lowest BCUT2D eigenvalue weighted by Crippen LogP contribution is -2.01. The molecule has 0 atom stereocenters. The molecular formula is C12H8F4N2O4S3. The molecule has 0 amide bonds. The predicted molar refractivity (Wildman–Crippen MR) is 83.2 cm³/mol. The van der Waals surface area contributed by atoms with Crippen molar-refractivity contribution in [1.29, 1.82) is 0 Å². The molecule has 0 saturated heterocycles. The van der Waals surface area contributed by atoms with Crippen LogP contribution >= 0.6 is 0 Å². The van der Waals surface area contributed by atoms with E-state index in [2.05, 4.69) is 8.73 Å². The van der Waals surface area contributed by atoms with Gasteiger partial charge in [0.15, 0.2) is 0 Å². The van der Waals surface area contributed by atoms with Crippen molar-refractivity contribution in [3.05, 3.63) is 48.5 Å². The third-order valence-corrected chi connectivity index (χ3v) is 5.35. The number of hydrogen-bond donors (Lipinski definition) is 0. The molecule has 0 aliphatic heterocycles. The van der Waals surface area contributed by atoms with Gasteiger partial charge >= 0.3 is 21.0 Å². The largest absolute Gasteiger partial charge is 0.371 e. The zero-order valence-corrected chi connectivity index (χ0v) is 14.3.